The van der Waals surface area contributed by atoms with Gasteiger partial charge in [-0.05, 0) is 51.5 Å². The predicted molar refractivity (Wildman–Crippen MR) is 99.8 cm³/mol. The maximum atomic E-state index is 10.3. The molecule has 0 aliphatic carbocycles. The van der Waals surface area contributed by atoms with Crippen molar-refractivity contribution in [1.82, 2.24) is 4.90 Å². The van der Waals surface area contributed by atoms with E-state index in [9.17, 15) is 9.59 Å². The second-order valence-electron chi connectivity index (χ2n) is 5.48. The molecule has 5 heteroatoms. The summed E-state index contributed by atoms with van der Waals surface area (Å²) in [5, 5.41) is 2.94. The molecule has 0 unspecified atom stereocenters. The second kappa shape index (κ2) is 14.8. The first-order valence-corrected chi connectivity index (χ1v) is 8.54. The Morgan fingerprint density at radius 2 is 1.88 bits per heavy atom. The van der Waals surface area contributed by atoms with E-state index in [2.05, 4.69) is 21.9 Å². The van der Waals surface area contributed by atoms with Crippen LogP contribution in [0.3, 0.4) is 0 Å². The number of nitrogens with zero attached hydrogens (tertiary/aromatic N) is 1. The van der Waals surface area contributed by atoms with E-state index in [1.54, 1.807) is 19.2 Å². The van der Waals surface area contributed by atoms with Gasteiger partial charge in [0, 0.05) is 37.9 Å². The number of piperidine rings is 1. The fourth-order valence-corrected chi connectivity index (χ4v) is 2.17. The molecule has 1 aliphatic rings. The average Bonchev–Trinajstić information content (AvgIpc) is 2.68. The van der Waals surface area contributed by atoms with Gasteiger partial charge in [0.1, 0.15) is 12.6 Å². The first kappa shape index (κ1) is 22.3. The summed E-state index contributed by atoms with van der Waals surface area (Å²) in [5.41, 5.74) is 1.66. The van der Waals surface area contributed by atoms with Gasteiger partial charge in [-0.2, -0.15) is 0 Å². The highest BCUT2D eigenvalue weighted by Crippen LogP contribution is 2.13. The maximum absolute atomic E-state index is 10.3. The van der Waals surface area contributed by atoms with Crippen molar-refractivity contribution >= 4 is 18.3 Å². The lowest BCUT2D eigenvalue weighted by Crippen LogP contribution is -2.33. The number of rotatable bonds is 5. The Labute approximate surface area is 146 Å². The van der Waals surface area contributed by atoms with Crippen molar-refractivity contribution in [2.45, 2.75) is 26.7 Å². The summed E-state index contributed by atoms with van der Waals surface area (Å²) >= 11 is 0. The summed E-state index contributed by atoms with van der Waals surface area (Å²) in [4.78, 5) is 23.0. The summed E-state index contributed by atoms with van der Waals surface area (Å²) in [6.45, 7) is 8.30. The summed E-state index contributed by atoms with van der Waals surface area (Å²) < 4.78 is 4.54. The summed E-state index contributed by atoms with van der Waals surface area (Å²) in [7, 11) is 3.50. The molecule has 24 heavy (non-hydrogen) atoms. The molecule has 5 nitrogen and oxygen atoms in total. The van der Waals surface area contributed by atoms with E-state index in [1.807, 2.05) is 26.1 Å². The Kier molecular flexibility index (Phi) is 13.8. The van der Waals surface area contributed by atoms with Crippen LogP contribution in [0.25, 0.3) is 0 Å². The molecule has 136 valence electrons. The van der Waals surface area contributed by atoms with Gasteiger partial charge in [-0.1, -0.05) is 19.1 Å². The van der Waals surface area contributed by atoms with Crippen molar-refractivity contribution in [2.75, 3.05) is 45.7 Å². The smallest absolute Gasteiger partial charge is 0.150 e. The van der Waals surface area contributed by atoms with E-state index >= 15 is 0 Å². The molecule has 0 saturated carbocycles. The molecule has 2 rings (SSSR count). The van der Waals surface area contributed by atoms with E-state index in [0.29, 0.717) is 11.5 Å². The molecular weight excluding hydrogens is 304 g/mol. The van der Waals surface area contributed by atoms with Crippen LogP contribution in [0.15, 0.2) is 24.3 Å². The topological polar surface area (TPSA) is 58.6 Å². The molecule has 1 aliphatic heterocycles. The normalized spacial score (nSPS) is 14.5. The van der Waals surface area contributed by atoms with Crippen molar-refractivity contribution in [3.05, 3.63) is 29.8 Å². The number of ether oxygens (including phenoxy) is 1. The van der Waals surface area contributed by atoms with Gasteiger partial charge in [0.2, 0.25) is 0 Å². The quantitative estimate of drug-likeness (QED) is 0.837. The molecular formula is C19H32N2O3. The van der Waals surface area contributed by atoms with Crippen LogP contribution in [0.1, 0.15) is 37.0 Å². The van der Waals surface area contributed by atoms with Crippen LogP contribution in [0.2, 0.25) is 0 Å². The van der Waals surface area contributed by atoms with E-state index in [0.717, 1.165) is 57.3 Å². The zero-order valence-corrected chi connectivity index (χ0v) is 15.5. The Morgan fingerprint density at radius 1 is 1.25 bits per heavy atom. The molecule has 1 saturated heterocycles. The number of anilines is 1. The maximum Gasteiger partial charge on any atom is 0.150 e. The molecule has 1 fully saturated rings. The fourth-order valence-electron chi connectivity index (χ4n) is 2.17. The summed E-state index contributed by atoms with van der Waals surface area (Å²) in [6.07, 6.45) is 4.07. The van der Waals surface area contributed by atoms with Crippen molar-refractivity contribution in [3.8, 4) is 0 Å². The van der Waals surface area contributed by atoms with Crippen LogP contribution in [0.4, 0.5) is 5.69 Å². The molecule has 0 bridgehead atoms. The Bertz CT molecular complexity index is 442. The number of carbonyl (C=O) groups excluding carboxylic acids is 2. The number of likely N-dealkylation sites (tertiary alicyclic amines) is 1. The van der Waals surface area contributed by atoms with Crippen LogP contribution >= 0.6 is 0 Å². The van der Waals surface area contributed by atoms with Gasteiger partial charge in [-0.15, -0.1) is 0 Å². The Balaban J connectivity index is 0.000000363. The third-order valence-corrected chi connectivity index (χ3v) is 3.87. The van der Waals surface area contributed by atoms with Crippen LogP contribution < -0.4 is 5.32 Å². The lowest BCUT2D eigenvalue weighted by molar-refractivity contribution is -0.112. The van der Waals surface area contributed by atoms with Gasteiger partial charge in [-0.25, -0.2) is 0 Å². The van der Waals surface area contributed by atoms with Crippen LogP contribution in [-0.2, 0) is 9.53 Å². The van der Waals surface area contributed by atoms with Crippen molar-refractivity contribution in [1.29, 1.82) is 0 Å². The average molecular weight is 336 g/mol. The SMILES string of the molecule is CCN1CCC(C=O)CC1.CCOC.CNc1cccc(C=O)c1. The van der Waals surface area contributed by atoms with Gasteiger partial charge < -0.3 is 19.7 Å². The molecule has 1 aromatic rings. The van der Waals surface area contributed by atoms with Crippen LogP contribution in [0.5, 0.6) is 0 Å². The van der Waals surface area contributed by atoms with E-state index in [-0.39, 0.29) is 0 Å². The minimum absolute atomic E-state index is 0.350. The monoisotopic (exact) mass is 336 g/mol. The first-order valence-electron chi connectivity index (χ1n) is 8.54. The molecule has 1 heterocycles. The third kappa shape index (κ3) is 10.1. The lowest BCUT2D eigenvalue weighted by Gasteiger charge is -2.27. The minimum Gasteiger partial charge on any atom is -0.388 e. The molecule has 0 radical (unpaired) electrons. The van der Waals surface area contributed by atoms with Gasteiger partial charge >= 0.3 is 0 Å². The largest absolute Gasteiger partial charge is 0.388 e. The third-order valence-electron chi connectivity index (χ3n) is 3.87. The molecule has 0 amide bonds. The van der Waals surface area contributed by atoms with Crippen LogP contribution in [0, 0.1) is 5.92 Å². The van der Waals surface area contributed by atoms with E-state index in [1.165, 1.54) is 0 Å². The molecule has 0 spiro atoms. The second-order valence-corrected chi connectivity index (χ2v) is 5.48. The Morgan fingerprint density at radius 3 is 2.29 bits per heavy atom. The van der Waals surface area contributed by atoms with Gasteiger partial charge in [0.25, 0.3) is 0 Å². The van der Waals surface area contributed by atoms with Crippen molar-refractivity contribution in [2.24, 2.45) is 5.92 Å². The van der Waals surface area contributed by atoms with Crippen molar-refractivity contribution < 1.29 is 14.3 Å². The van der Waals surface area contributed by atoms with Gasteiger partial charge in [-0.3, -0.25) is 4.79 Å². The highest BCUT2D eigenvalue weighted by molar-refractivity contribution is 5.76. The summed E-state index contributed by atoms with van der Waals surface area (Å²) in [5.74, 6) is 0.350. The van der Waals surface area contributed by atoms with Gasteiger partial charge in [0.15, 0.2) is 0 Å². The number of hydrogen-bond donors (Lipinski definition) is 1. The fraction of sp³-hybridized carbons (Fsp3) is 0.579. The van der Waals surface area contributed by atoms with Crippen molar-refractivity contribution in [3.63, 3.8) is 0 Å². The van der Waals surface area contributed by atoms with Crippen LogP contribution in [-0.4, -0.2) is 57.9 Å². The number of hydrogen-bond acceptors (Lipinski definition) is 5. The van der Waals surface area contributed by atoms with Gasteiger partial charge in [0.05, 0.1) is 0 Å². The first-order chi connectivity index (χ1) is 11.6. The minimum atomic E-state index is 0.350. The molecule has 1 aromatic carbocycles. The number of aldehydes is 2. The lowest BCUT2D eigenvalue weighted by atomic mass is 9.99. The van der Waals surface area contributed by atoms with E-state index in [4.69, 9.17) is 0 Å². The Hall–Kier alpha value is -1.72. The summed E-state index contributed by atoms with van der Waals surface area (Å²) in [6, 6.07) is 7.32. The number of nitrogens with one attached hydrogen (secondary N) is 1. The number of methoxy groups -OCH3 is 1. The highest BCUT2D eigenvalue weighted by Gasteiger charge is 2.16. The van der Waals surface area contributed by atoms with E-state index < -0.39 is 0 Å². The zero-order valence-electron chi connectivity index (χ0n) is 15.5. The molecule has 1 N–H and O–H groups in total. The number of carbonyl (C=O) groups is 2. The molecule has 0 aromatic heterocycles. The molecule has 0 atom stereocenters. The standard InChI is InChI=1S/C8H9NO.C8H15NO.C3H8O/c1-9-8-4-2-3-7(5-8)6-10;1-2-9-5-3-8(7-10)4-6-9;1-3-4-2/h2-6,9H,1H3;7-8H,2-6H2,1H3;3H2,1-2H3. The zero-order chi connectivity index (χ0) is 18.2. The highest BCUT2D eigenvalue weighted by atomic mass is 16.5. The predicted octanol–water partition coefficient (Wildman–Crippen LogP) is 3.11. The number of benzene rings is 1.